The van der Waals surface area contributed by atoms with Gasteiger partial charge in [0.25, 0.3) is 0 Å². The molecule has 1 N–H and O–H groups in total. The highest BCUT2D eigenvalue weighted by atomic mass is 79.9. The van der Waals surface area contributed by atoms with Crippen LogP contribution in [0.15, 0.2) is 45.6 Å². The molecule has 1 aromatic carbocycles. The molecule has 3 heteroatoms. The van der Waals surface area contributed by atoms with E-state index in [0.29, 0.717) is 0 Å². The Morgan fingerprint density at radius 3 is 2.82 bits per heavy atom. The summed E-state index contributed by atoms with van der Waals surface area (Å²) >= 11 is 5.13. The van der Waals surface area contributed by atoms with Crippen LogP contribution in [0.25, 0.3) is 0 Å². The van der Waals surface area contributed by atoms with E-state index in [2.05, 4.69) is 32.8 Å². The third-order valence-electron chi connectivity index (χ3n) is 2.93. The number of benzene rings is 1. The zero-order valence-corrected chi connectivity index (χ0v) is 12.1. The first-order chi connectivity index (χ1) is 8.08. The van der Waals surface area contributed by atoms with Crippen LogP contribution in [-0.4, -0.2) is 5.11 Å². The lowest BCUT2D eigenvalue weighted by Crippen LogP contribution is -2.21. The third-order valence-corrected chi connectivity index (χ3v) is 4.15. The van der Waals surface area contributed by atoms with Gasteiger partial charge in [-0.25, -0.2) is 0 Å². The number of hydrogen-bond donors (Lipinski definition) is 1. The smallest absolute Gasteiger partial charge is 0.0872 e. The minimum absolute atomic E-state index is 0.736. The van der Waals surface area contributed by atoms with Crippen molar-refractivity contribution >= 4 is 27.3 Å². The molecule has 0 amide bonds. The number of aryl methyl sites for hydroxylation is 1. The monoisotopic (exact) mass is 310 g/mol. The van der Waals surface area contributed by atoms with Gasteiger partial charge in [-0.05, 0) is 59.9 Å². The maximum absolute atomic E-state index is 10.5. The minimum atomic E-state index is -0.772. The number of hydrogen-bond acceptors (Lipinski definition) is 2. The van der Waals surface area contributed by atoms with E-state index in [1.807, 2.05) is 31.2 Å². The van der Waals surface area contributed by atoms with Gasteiger partial charge in [0.1, 0.15) is 0 Å². The van der Waals surface area contributed by atoms with Gasteiger partial charge >= 0.3 is 0 Å². The Morgan fingerprint density at radius 2 is 2.18 bits per heavy atom. The first-order valence-corrected chi connectivity index (χ1v) is 7.31. The number of aliphatic hydroxyl groups is 1. The Labute approximate surface area is 114 Å². The highest BCUT2D eigenvalue weighted by Crippen LogP contribution is 2.28. The average molecular weight is 311 g/mol. The van der Waals surface area contributed by atoms with Crippen molar-refractivity contribution in [2.75, 3.05) is 0 Å². The first-order valence-electron chi connectivity index (χ1n) is 5.57. The fraction of sp³-hybridized carbons (Fsp3) is 0.286. The van der Waals surface area contributed by atoms with Crippen molar-refractivity contribution in [1.29, 1.82) is 0 Å². The van der Waals surface area contributed by atoms with E-state index in [0.717, 1.165) is 22.9 Å². The van der Waals surface area contributed by atoms with Gasteiger partial charge in [0.2, 0.25) is 0 Å². The summed E-state index contributed by atoms with van der Waals surface area (Å²) in [4.78, 5) is 0. The fourth-order valence-electron chi connectivity index (χ4n) is 1.79. The molecule has 1 aromatic heterocycles. The van der Waals surface area contributed by atoms with Crippen LogP contribution in [0.3, 0.4) is 0 Å². The van der Waals surface area contributed by atoms with Crippen LogP contribution in [0.2, 0.25) is 0 Å². The predicted molar refractivity (Wildman–Crippen MR) is 76.4 cm³/mol. The van der Waals surface area contributed by atoms with Gasteiger partial charge < -0.3 is 5.11 Å². The summed E-state index contributed by atoms with van der Waals surface area (Å²) in [6, 6.07) is 9.99. The molecule has 0 saturated heterocycles. The number of rotatable bonds is 4. The molecule has 1 atom stereocenters. The summed E-state index contributed by atoms with van der Waals surface area (Å²) in [6.07, 6.45) is 1.64. The highest BCUT2D eigenvalue weighted by molar-refractivity contribution is 9.10. The summed E-state index contributed by atoms with van der Waals surface area (Å²) in [5.74, 6) is 0. The molecule has 0 spiro atoms. The van der Waals surface area contributed by atoms with Crippen molar-refractivity contribution in [2.24, 2.45) is 0 Å². The van der Waals surface area contributed by atoms with E-state index in [-0.39, 0.29) is 0 Å². The third kappa shape index (κ3) is 3.41. The van der Waals surface area contributed by atoms with Crippen molar-refractivity contribution < 1.29 is 5.11 Å². The Hall–Kier alpha value is -0.640. The second kappa shape index (κ2) is 5.34. The summed E-state index contributed by atoms with van der Waals surface area (Å²) in [5.41, 5.74) is 1.48. The molecule has 17 heavy (non-hydrogen) atoms. The molecule has 2 rings (SSSR count). The molecular formula is C14H15BrOS. The molecule has 90 valence electrons. The lowest BCUT2D eigenvalue weighted by Gasteiger charge is -2.24. The zero-order valence-electron chi connectivity index (χ0n) is 9.69. The Kier molecular flexibility index (Phi) is 4.02. The van der Waals surface area contributed by atoms with Crippen molar-refractivity contribution in [2.45, 2.75) is 25.4 Å². The maximum Gasteiger partial charge on any atom is 0.0872 e. The Bertz CT molecular complexity index is 477. The SMILES string of the molecule is CC(O)(CCc1ccsc1)c1cccc(Br)c1. The van der Waals surface area contributed by atoms with Gasteiger partial charge in [0.05, 0.1) is 5.60 Å². The van der Waals surface area contributed by atoms with E-state index in [9.17, 15) is 5.11 Å². The second-order valence-electron chi connectivity index (χ2n) is 4.42. The number of thiophene rings is 1. The van der Waals surface area contributed by atoms with Crippen molar-refractivity contribution in [3.05, 3.63) is 56.7 Å². The summed E-state index contributed by atoms with van der Waals surface area (Å²) < 4.78 is 1.01. The minimum Gasteiger partial charge on any atom is -0.385 e. The van der Waals surface area contributed by atoms with Gasteiger partial charge in [-0.2, -0.15) is 11.3 Å². The van der Waals surface area contributed by atoms with Crippen LogP contribution in [0.1, 0.15) is 24.5 Å². The van der Waals surface area contributed by atoms with E-state index >= 15 is 0 Å². The summed E-state index contributed by atoms with van der Waals surface area (Å²) in [6.45, 7) is 1.88. The highest BCUT2D eigenvalue weighted by Gasteiger charge is 2.22. The maximum atomic E-state index is 10.5. The molecule has 2 aromatic rings. The zero-order chi connectivity index (χ0) is 12.3. The van der Waals surface area contributed by atoms with Crippen LogP contribution in [-0.2, 0) is 12.0 Å². The Morgan fingerprint density at radius 1 is 1.35 bits per heavy atom. The molecule has 0 radical (unpaired) electrons. The largest absolute Gasteiger partial charge is 0.385 e. The number of halogens is 1. The fourth-order valence-corrected chi connectivity index (χ4v) is 2.89. The first kappa shape index (κ1) is 12.8. The second-order valence-corrected chi connectivity index (χ2v) is 6.11. The van der Waals surface area contributed by atoms with Crippen molar-refractivity contribution in [3.63, 3.8) is 0 Å². The lowest BCUT2D eigenvalue weighted by atomic mass is 9.90. The summed E-state index contributed by atoms with van der Waals surface area (Å²) in [7, 11) is 0. The average Bonchev–Trinajstić information content (AvgIpc) is 2.79. The van der Waals surface area contributed by atoms with Gasteiger partial charge in [-0.1, -0.05) is 28.1 Å². The van der Waals surface area contributed by atoms with Crippen LogP contribution in [0.4, 0.5) is 0 Å². The molecule has 1 nitrogen and oxygen atoms in total. The van der Waals surface area contributed by atoms with Gasteiger partial charge in [0.15, 0.2) is 0 Å². The summed E-state index contributed by atoms with van der Waals surface area (Å²) in [5, 5.41) is 14.7. The van der Waals surface area contributed by atoms with E-state index < -0.39 is 5.60 Å². The molecule has 0 aliphatic carbocycles. The van der Waals surface area contributed by atoms with Crippen LogP contribution >= 0.6 is 27.3 Å². The van der Waals surface area contributed by atoms with E-state index in [1.54, 1.807) is 11.3 Å². The van der Waals surface area contributed by atoms with Crippen molar-refractivity contribution in [1.82, 2.24) is 0 Å². The van der Waals surface area contributed by atoms with E-state index in [4.69, 9.17) is 0 Å². The van der Waals surface area contributed by atoms with Gasteiger partial charge in [-0.3, -0.25) is 0 Å². The topological polar surface area (TPSA) is 20.2 Å². The Balaban J connectivity index is 2.08. The van der Waals surface area contributed by atoms with E-state index in [1.165, 1.54) is 5.56 Å². The van der Waals surface area contributed by atoms with Crippen LogP contribution in [0.5, 0.6) is 0 Å². The molecule has 1 unspecified atom stereocenters. The standard InChI is InChI=1S/C14H15BrOS/c1-14(16,7-5-11-6-8-17-10-11)12-3-2-4-13(15)9-12/h2-4,6,8-10,16H,5,7H2,1H3. The normalized spacial score (nSPS) is 14.5. The molecule has 0 fully saturated rings. The van der Waals surface area contributed by atoms with Crippen LogP contribution < -0.4 is 0 Å². The molecular weight excluding hydrogens is 296 g/mol. The van der Waals surface area contributed by atoms with Gasteiger partial charge in [-0.15, -0.1) is 0 Å². The quantitative estimate of drug-likeness (QED) is 0.890. The van der Waals surface area contributed by atoms with Crippen molar-refractivity contribution in [3.8, 4) is 0 Å². The molecule has 1 heterocycles. The lowest BCUT2D eigenvalue weighted by molar-refractivity contribution is 0.0480. The predicted octanol–water partition coefficient (Wildman–Crippen LogP) is 4.35. The molecule has 0 aliphatic heterocycles. The molecule has 0 saturated carbocycles. The molecule has 0 aliphatic rings. The molecule has 0 bridgehead atoms. The van der Waals surface area contributed by atoms with Gasteiger partial charge in [0, 0.05) is 4.47 Å². The van der Waals surface area contributed by atoms with Crippen LogP contribution in [0, 0.1) is 0 Å².